The van der Waals surface area contributed by atoms with Gasteiger partial charge in [0.2, 0.25) is 5.91 Å². The van der Waals surface area contributed by atoms with Crippen LogP contribution in [0.2, 0.25) is 0 Å². The van der Waals surface area contributed by atoms with Crippen LogP contribution in [0.15, 0.2) is 54.6 Å². The van der Waals surface area contributed by atoms with Crippen LogP contribution in [0, 0.1) is 0 Å². The largest absolute Gasteiger partial charge is 0.315 e. The second-order valence-corrected chi connectivity index (χ2v) is 4.64. The highest BCUT2D eigenvalue weighted by Gasteiger charge is 2.10. The molecule has 0 saturated carbocycles. The van der Waals surface area contributed by atoms with Crippen LogP contribution in [0.25, 0.3) is 0 Å². The molecule has 0 saturated heterocycles. The number of nitrogens with zero attached hydrogens (tertiary/aromatic N) is 1. The van der Waals surface area contributed by atoms with Crippen molar-refractivity contribution >= 4 is 11.6 Å². The van der Waals surface area contributed by atoms with E-state index in [4.69, 9.17) is 0 Å². The lowest BCUT2D eigenvalue weighted by Gasteiger charge is -2.17. The third-order valence-corrected chi connectivity index (χ3v) is 3.30. The van der Waals surface area contributed by atoms with Gasteiger partial charge in [-0.2, -0.15) is 0 Å². The zero-order chi connectivity index (χ0) is 13.7. The molecule has 0 bridgehead atoms. The lowest BCUT2D eigenvalue weighted by molar-refractivity contribution is -0.117. The van der Waals surface area contributed by atoms with Gasteiger partial charge < -0.3 is 4.90 Å². The highest BCUT2D eigenvalue weighted by atomic mass is 16.2. The highest BCUT2D eigenvalue weighted by molar-refractivity contribution is 5.94. The minimum atomic E-state index is 0.107. The van der Waals surface area contributed by atoms with E-state index >= 15 is 0 Å². The van der Waals surface area contributed by atoms with Crippen molar-refractivity contribution < 1.29 is 4.79 Å². The Morgan fingerprint density at radius 1 is 0.947 bits per heavy atom. The molecule has 98 valence electrons. The maximum Gasteiger partial charge on any atom is 0.231 e. The Morgan fingerprint density at radius 2 is 1.53 bits per heavy atom. The summed E-state index contributed by atoms with van der Waals surface area (Å²) >= 11 is 0. The van der Waals surface area contributed by atoms with Gasteiger partial charge >= 0.3 is 0 Å². The first-order valence-corrected chi connectivity index (χ1v) is 6.60. The molecule has 0 heterocycles. The predicted octanol–water partition coefficient (Wildman–Crippen LogP) is 3.45. The third kappa shape index (κ3) is 3.44. The Balaban J connectivity index is 2.04. The van der Waals surface area contributed by atoms with E-state index in [9.17, 15) is 4.79 Å². The zero-order valence-corrected chi connectivity index (χ0v) is 11.5. The Morgan fingerprint density at radius 3 is 2.11 bits per heavy atom. The number of para-hydroxylation sites is 1. The van der Waals surface area contributed by atoms with Gasteiger partial charge in [0.05, 0.1) is 6.42 Å². The molecule has 2 heteroatoms. The first kappa shape index (κ1) is 13.3. The lowest BCUT2D eigenvalue weighted by Crippen LogP contribution is -2.27. The quantitative estimate of drug-likeness (QED) is 0.817. The number of rotatable bonds is 4. The molecule has 0 aromatic heterocycles. The number of aryl methyl sites for hydroxylation is 1. The highest BCUT2D eigenvalue weighted by Crippen LogP contribution is 2.13. The topological polar surface area (TPSA) is 20.3 Å². The van der Waals surface area contributed by atoms with Crippen molar-refractivity contribution in [2.45, 2.75) is 19.8 Å². The summed E-state index contributed by atoms with van der Waals surface area (Å²) in [5, 5.41) is 0. The van der Waals surface area contributed by atoms with Crippen molar-refractivity contribution in [1.82, 2.24) is 0 Å². The fourth-order valence-electron chi connectivity index (χ4n) is 1.98. The van der Waals surface area contributed by atoms with E-state index in [0.29, 0.717) is 6.42 Å². The standard InChI is InChI=1S/C17H19NO/c1-3-14-9-11-15(12-10-14)13-17(19)18(2)16-7-5-4-6-8-16/h4-12H,3,13H2,1-2H3. The summed E-state index contributed by atoms with van der Waals surface area (Å²) in [6.07, 6.45) is 1.47. The molecule has 2 rings (SSSR count). The van der Waals surface area contributed by atoms with Gasteiger partial charge in [0.15, 0.2) is 0 Å². The van der Waals surface area contributed by atoms with Crippen LogP contribution in [-0.2, 0) is 17.6 Å². The molecular formula is C17H19NO. The Kier molecular flexibility index (Phi) is 4.35. The van der Waals surface area contributed by atoms with Crippen LogP contribution < -0.4 is 4.90 Å². The normalized spacial score (nSPS) is 10.2. The molecule has 0 atom stereocenters. The number of likely N-dealkylation sites (N-methyl/N-ethyl adjacent to an activating group) is 1. The molecule has 0 aliphatic heterocycles. The first-order chi connectivity index (χ1) is 9.20. The Labute approximate surface area is 114 Å². The van der Waals surface area contributed by atoms with Gasteiger partial charge in [-0.15, -0.1) is 0 Å². The number of hydrogen-bond acceptors (Lipinski definition) is 1. The van der Waals surface area contributed by atoms with Crippen molar-refractivity contribution in [3.63, 3.8) is 0 Å². The molecule has 2 aromatic rings. The summed E-state index contributed by atoms with van der Waals surface area (Å²) in [6.45, 7) is 2.13. The fourth-order valence-corrected chi connectivity index (χ4v) is 1.98. The second-order valence-electron chi connectivity index (χ2n) is 4.64. The Hall–Kier alpha value is -2.09. The summed E-state index contributed by atoms with van der Waals surface area (Å²) in [5.41, 5.74) is 3.29. The molecular weight excluding hydrogens is 234 g/mol. The molecule has 0 unspecified atom stereocenters. The average molecular weight is 253 g/mol. The maximum atomic E-state index is 12.2. The second kappa shape index (κ2) is 6.19. The van der Waals surface area contributed by atoms with Gasteiger partial charge in [0, 0.05) is 12.7 Å². The van der Waals surface area contributed by atoms with Gasteiger partial charge in [-0.25, -0.2) is 0 Å². The summed E-state index contributed by atoms with van der Waals surface area (Å²) in [7, 11) is 1.82. The monoisotopic (exact) mass is 253 g/mol. The third-order valence-electron chi connectivity index (χ3n) is 3.30. The maximum absolute atomic E-state index is 12.2. The smallest absolute Gasteiger partial charge is 0.231 e. The molecule has 0 N–H and O–H groups in total. The number of benzene rings is 2. The van der Waals surface area contributed by atoms with E-state index in [0.717, 1.165) is 17.7 Å². The molecule has 0 radical (unpaired) electrons. The van der Waals surface area contributed by atoms with Gasteiger partial charge in [-0.05, 0) is 29.7 Å². The van der Waals surface area contributed by atoms with E-state index in [-0.39, 0.29) is 5.91 Å². The number of amides is 1. The van der Waals surface area contributed by atoms with E-state index in [1.54, 1.807) is 4.90 Å². The SMILES string of the molecule is CCc1ccc(CC(=O)N(C)c2ccccc2)cc1. The molecule has 19 heavy (non-hydrogen) atoms. The van der Waals surface area contributed by atoms with Crippen LogP contribution in [0.1, 0.15) is 18.1 Å². The fraction of sp³-hybridized carbons (Fsp3) is 0.235. The van der Waals surface area contributed by atoms with Crippen LogP contribution in [0.4, 0.5) is 5.69 Å². The predicted molar refractivity (Wildman–Crippen MR) is 79.4 cm³/mol. The molecule has 1 amide bonds. The van der Waals surface area contributed by atoms with Gasteiger partial charge in [-0.1, -0.05) is 49.4 Å². The van der Waals surface area contributed by atoms with Crippen LogP contribution >= 0.6 is 0 Å². The number of anilines is 1. The van der Waals surface area contributed by atoms with Crippen molar-refractivity contribution in [2.24, 2.45) is 0 Å². The molecule has 0 fully saturated rings. The van der Waals surface area contributed by atoms with Crippen molar-refractivity contribution in [2.75, 3.05) is 11.9 Å². The van der Waals surface area contributed by atoms with E-state index in [2.05, 4.69) is 19.1 Å². The molecule has 0 spiro atoms. The Bertz CT molecular complexity index is 531. The minimum Gasteiger partial charge on any atom is -0.315 e. The molecule has 0 aliphatic carbocycles. The van der Waals surface area contributed by atoms with Gasteiger partial charge in [0.1, 0.15) is 0 Å². The van der Waals surface area contributed by atoms with Crippen molar-refractivity contribution in [3.05, 3.63) is 65.7 Å². The number of carbonyl (C=O) groups excluding carboxylic acids is 1. The first-order valence-electron chi connectivity index (χ1n) is 6.60. The molecule has 0 aliphatic rings. The van der Waals surface area contributed by atoms with E-state index < -0.39 is 0 Å². The molecule has 2 aromatic carbocycles. The number of carbonyl (C=O) groups is 1. The summed E-state index contributed by atoms with van der Waals surface area (Å²) in [6, 6.07) is 18.0. The minimum absolute atomic E-state index is 0.107. The zero-order valence-electron chi connectivity index (χ0n) is 11.5. The van der Waals surface area contributed by atoms with Crippen LogP contribution in [0.3, 0.4) is 0 Å². The summed E-state index contributed by atoms with van der Waals surface area (Å²) in [5.74, 6) is 0.107. The summed E-state index contributed by atoms with van der Waals surface area (Å²) < 4.78 is 0. The van der Waals surface area contributed by atoms with Crippen LogP contribution in [0.5, 0.6) is 0 Å². The van der Waals surface area contributed by atoms with Crippen LogP contribution in [-0.4, -0.2) is 13.0 Å². The van der Waals surface area contributed by atoms with Crippen molar-refractivity contribution in [1.29, 1.82) is 0 Å². The van der Waals surface area contributed by atoms with Crippen molar-refractivity contribution in [3.8, 4) is 0 Å². The van der Waals surface area contributed by atoms with Gasteiger partial charge in [-0.3, -0.25) is 4.79 Å². The number of hydrogen-bond donors (Lipinski definition) is 0. The summed E-state index contributed by atoms with van der Waals surface area (Å²) in [4.78, 5) is 13.9. The molecule has 2 nitrogen and oxygen atoms in total. The van der Waals surface area contributed by atoms with E-state index in [1.165, 1.54) is 5.56 Å². The van der Waals surface area contributed by atoms with Gasteiger partial charge in [0.25, 0.3) is 0 Å². The van der Waals surface area contributed by atoms with E-state index in [1.807, 2.05) is 49.5 Å². The lowest BCUT2D eigenvalue weighted by atomic mass is 10.1. The average Bonchev–Trinajstić information content (AvgIpc) is 2.48.